The topological polar surface area (TPSA) is 62.4 Å². The highest BCUT2D eigenvalue weighted by molar-refractivity contribution is 7.80. The van der Waals surface area contributed by atoms with Gasteiger partial charge in [0.1, 0.15) is 5.75 Å². The fourth-order valence-electron chi connectivity index (χ4n) is 2.14. The molecule has 0 aromatic heterocycles. The lowest BCUT2D eigenvalue weighted by molar-refractivity contribution is -0.127. The van der Waals surface area contributed by atoms with Crippen molar-refractivity contribution in [1.29, 1.82) is 0 Å². The molecule has 0 saturated carbocycles. The summed E-state index contributed by atoms with van der Waals surface area (Å²) in [5, 5.41) is 3.37. The van der Waals surface area contributed by atoms with Gasteiger partial charge in [-0.2, -0.15) is 0 Å². The second kappa shape index (κ2) is 9.03. The molecule has 0 saturated heterocycles. The molecule has 0 aliphatic carbocycles. The largest absolute Gasteiger partial charge is 0.481 e. The summed E-state index contributed by atoms with van der Waals surface area (Å²) in [5.41, 5.74) is 8.49. The molecule has 25 heavy (non-hydrogen) atoms. The summed E-state index contributed by atoms with van der Waals surface area (Å²) in [5.74, 6) is 0.400. The SMILES string of the molecule is Cc1cccc(O[C@H](C)C(=O)NNC(=S)NCc2ccccc2)c1C. The van der Waals surface area contributed by atoms with Gasteiger partial charge in [-0.15, -0.1) is 0 Å². The smallest absolute Gasteiger partial charge is 0.279 e. The Labute approximate surface area is 153 Å². The predicted molar refractivity (Wildman–Crippen MR) is 103 cm³/mol. The molecule has 0 radical (unpaired) electrons. The van der Waals surface area contributed by atoms with Crippen LogP contribution in [0.2, 0.25) is 0 Å². The van der Waals surface area contributed by atoms with E-state index in [0.29, 0.717) is 17.4 Å². The van der Waals surface area contributed by atoms with E-state index in [2.05, 4.69) is 16.2 Å². The van der Waals surface area contributed by atoms with Crippen LogP contribution in [0.15, 0.2) is 48.5 Å². The fourth-order valence-corrected chi connectivity index (χ4v) is 2.26. The Morgan fingerprint density at radius 2 is 1.80 bits per heavy atom. The van der Waals surface area contributed by atoms with Gasteiger partial charge >= 0.3 is 0 Å². The van der Waals surface area contributed by atoms with E-state index in [-0.39, 0.29) is 5.91 Å². The minimum absolute atomic E-state index is 0.301. The lowest BCUT2D eigenvalue weighted by Crippen LogP contribution is -2.50. The molecule has 5 nitrogen and oxygen atoms in total. The molecule has 0 heterocycles. The van der Waals surface area contributed by atoms with Gasteiger partial charge in [0.25, 0.3) is 5.91 Å². The molecule has 0 spiro atoms. The standard InChI is InChI=1S/C19H23N3O2S/c1-13-8-7-11-17(14(13)2)24-15(3)18(23)21-22-19(25)20-12-16-9-5-4-6-10-16/h4-11,15H,12H2,1-3H3,(H,21,23)(H2,20,22,25)/t15-/m1/s1. The molecule has 132 valence electrons. The average molecular weight is 357 g/mol. The zero-order valence-corrected chi connectivity index (χ0v) is 15.4. The number of rotatable bonds is 5. The van der Waals surface area contributed by atoms with Crippen molar-refractivity contribution in [2.45, 2.75) is 33.4 Å². The van der Waals surface area contributed by atoms with Gasteiger partial charge in [-0.05, 0) is 55.7 Å². The molecule has 2 rings (SSSR count). The maximum absolute atomic E-state index is 12.1. The highest BCUT2D eigenvalue weighted by Gasteiger charge is 2.16. The number of benzene rings is 2. The molecule has 0 bridgehead atoms. The van der Waals surface area contributed by atoms with Crippen LogP contribution in [0.3, 0.4) is 0 Å². The Bertz CT molecular complexity index is 735. The number of aryl methyl sites for hydroxylation is 1. The molecule has 1 atom stereocenters. The predicted octanol–water partition coefficient (Wildman–Crippen LogP) is 2.77. The highest BCUT2D eigenvalue weighted by atomic mass is 32.1. The Hall–Kier alpha value is -2.60. The van der Waals surface area contributed by atoms with E-state index in [1.165, 1.54) is 0 Å². The lowest BCUT2D eigenvalue weighted by Gasteiger charge is -2.18. The Kier molecular flexibility index (Phi) is 6.77. The third-order valence-electron chi connectivity index (χ3n) is 3.82. The van der Waals surface area contributed by atoms with Crippen molar-refractivity contribution >= 4 is 23.2 Å². The zero-order chi connectivity index (χ0) is 18.2. The lowest BCUT2D eigenvalue weighted by atomic mass is 10.1. The number of hydrazine groups is 1. The van der Waals surface area contributed by atoms with Crippen LogP contribution in [0, 0.1) is 13.8 Å². The van der Waals surface area contributed by atoms with Crippen LogP contribution in [0.4, 0.5) is 0 Å². The van der Waals surface area contributed by atoms with Crippen LogP contribution >= 0.6 is 12.2 Å². The average Bonchev–Trinajstić information content (AvgIpc) is 2.62. The number of hydrogen-bond donors (Lipinski definition) is 3. The summed E-state index contributed by atoms with van der Waals surface area (Å²) in [6.07, 6.45) is -0.648. The van der Waals surface area contributed by atoms with Gasteiger partial charge < -0.3 is 10.1 Å². The van der Waals surface area contributed by atoms with Gasteiger partial charge in [0.15, 0.2) is 11.2 Å². The van der Waals surface area contributed by atoms with Gasteiger partial charge in [0.05, 0.1) is 0 Å². The van der Waals surface area contributed by atoms with E-state index in [1.807, 2.05) is 62.4 Å². The first-order chi connectivity index (χ1) is 12.0. The number of carbonyl (C=O) groups is 1. The first-order valence-electron chi connectivity index (χ1n) is 8.08. The van der Waals surface area contributed by atoms with Crippen molar-refractivity contribution in [3.8, 4) is 5.75 Å². The number of hydrogen-bond acceptors (Lipinski definition) is 3. The van der Waals surface area contributed by atoms with Gasteiger partial charge in [-0.3, -0.25) is 15.6 Å². The molecule has 2 aromatic rings. The molecular formula is C19H23N3O2S. The van der Waals surface area contributed by atoms with Crippen molar-refractivity contribution in [3.63, 3.8) is 0 Å². The van der Waals surface area contributed by atoms with Crippen molar-refractivity contribution in [2.24, 2.45) is 0 Å². The van der Waals surface area contributed by atoms with Crippen LogP contribution in [-0.2, 0) is 11.3 Å². The summed E-state index contributed by atoms with van der Waals surface area (Å²) in [4.78, 5) is 12.1. The van der Waals surface area contributed by atoms with Crippen LogP contribution in [-0.4, -0.2) is 17.1 Å². The van der Waals surface area contributed by atoms with Gasteiger partial charge in [0, 0.05) is 6.54 Å². The second-order valence-electron chi connectivity index (χ2n) is 5.74. The first-order valence-corrected chi connectivity index (χ1v) is 8.48. The van der Waals surface area contributed by atoms with Crippen LogP contribution in [0.25, 0.3) is 0 Å². The van der Waals surface area contributed by atoms with E-state index in [1.54, 1.807) is 6.92 Å². The third-order valence-corrected chi connectivity index (χ3v) is 4.07. The number of carbonyl (C=O) groups excluding carboxylic acids is 1. The molecule has 0 fully saturated rings. The summed E-state index contributed by atoms with van der Waals surface area (Å²) in [7, 11) is 0. The molecule has 0 aliphatic heterocycles. The first kappa shape index (κ1) is 18.7. The van der Waals surface area contributed by atoms with E-state index in [9.17, 15) is 4.79 Å². The Morgan fingerprint density at radius 1 is 1.08 bits per heavy atom. The Morgan fingerprint density at radius 3 is 2.52 bits per heavy atom. The van der Waals surface area contributed by atoms with Crippen LogP contribution in [0.1, 0.15) is 23.6 Å². The maximum atomic E-state index is 12.1. The zero-order valence-electron chi connectivity index (χ0n) is 14.6. The monoisotopic (exact) mass is 357 g/mol. The number of amides is 1. The minimum atomic E-state index is -0.648. The van der Waals surface area contributed by atoms with E-state index < -0.39 is 6.10 Å². The van der Waals surface area contributed by atoms with Crippen molar-refractivity contribution in [1.82, 2.24) is 16.2 Å². The quantitative estimate of drug-likeness (QED) is 0.567. The normalized spacial score (nSPS) is 11.3. The third kappa shape index (κ3) is 5.76. The van der Waals surface area contributed by atoms with Crippen LogP contribution in [0.5, 0.6) is 5.75 Å². The Balaban J connectivity index is 1.77. The number of ether oxygens (including phenoxy) is 1. The number of thiocarbonyl (C=S) groups is 1. The van der Waals surface area contributed by atoms with E-state index >= 15 is 0 Å². The summed E-state index contributed by atoms with van der Waals surface area (Å²) < 4.78 is 5.73. The van der Waals surface area contributed by atoms with Gasteiger partial charge in [-0.25, -0.2) is 0 Å². The molecular weight excluding hydrogens is 334 g/mol. The second-order valence-corrected chi connectivity index (χ2v) is 6.15. The molecule has 1 amide bonds. The fraction of sp³-hybridized carbons (Fsp3) is 0.263. The molecule has 2 aromatic carbocycles. The minimum Gasteiger partial charge on any atom is -0.481 e. The highest BCUT2D eigenvalue weighted by Crippen LogP contribution is 2.21. The number of nitrogens with one attached hydrogen (secondary N) is 3. The van der Waals surface area contributed by atoms with Crippen molar-refractivity contribution in [2.75, 3.05) is 0 Å². The van der Waals surface area contributed by atoms with E-state index in [4.69, 9.17) is 17.0 Å². The van der Waals surface area contributed by atoms with Gasteiger partial charge in [0.2, 0.25) is 0 Å². The summed E-state index contributed by atoms with van der Waals surface area (Å²) >= 11 is 5.15. The van der Waals surface area contributed by atoms with Gasteiger partial charge in [-0.1, -0.05) is 42.5 Å². The van der Waals surface area contributed by atoms with Crippen LogP contribution < -0.4 is 20.9 Å². The molecule has 0 aliphatic rings. The van der Waals surface area contributed by atoms with E-state index in [0.717, 1.165) is 16.7 Å². The maximum Gasteiger partial charge on any atom is 0.279 e. The summed E-state index contributed by atoms with van der Waals surface area (Å²) in [6.45, 7) is 6.25. The van der Waals surface area contributed by atoms with Crippen molar-refractivity contribution < 1.29 is 9.53 Å². The molecule has 3 N–H and O–H groups in total. The molecule has 0 unspecified atom stereocenters. The van der Waals surface area contributed by atoms with Crippen molar-refractivity contribution in [3.05, 3.63) is 65.2 Å². The summed E-state index contributed by atoms with van der Waals surface area (Å²) in [6, 6.07) is 15.6. The molecule has 6 heteroatoms.